The summed E-state index contributed by atoms with van der Waals surface area (Å²) in [6, 6.07) is 4.73. The largest absolute Gasteiger partial charge is 0.329 e. The topological polar surface area (TPSA) is 78.5 Å². The number of rotatable bonds is 3. The second kappa shape index (κ2) is 4.82. The molecule has 6 nitrogen and oxygen atoms in total. The second-order valence-corrected chi connectivity index (χ2v) is 3.70. The minimum absolute atomic E-state index is 0.105. The van der Waals surface area contributed by atoms with Gasteiger partial charge in [0.05, 0.1) is 6.54 Å². The highest BCUT2D eigenvalue weighted by Crippen LogP contribution is 2.09. The first-order valence-corrected chi connectivity index (χ1v) is 5.20. The lowest BCUT2D eigenvalue weighted by molar-refractivity contribution is -0.128. The third kappa shape index (κ3) is 2.62. The molecule has 0 unspecified atom stereocenters. The maximum absolute atomic E-state index is 12.9. The monoisotopic (exact) mass is 251 g/mol. The van der Waals surface area contributed by atoms with E-state index in [9.17, 15) is 18.8 Å². The highest BCUT2D eigenvalue weighted by atomic mass is 19.1. The third-order valence-corrected chi connectivity index (χ3v) is 2.35. The molecule has 1 aliphatic rings. The zero-order chi connectivity index (χ0) is 13.1. The van der Waals surface area contributed by atoms with Gasteiger partial charge in [-0.3, -0.25) is 14.5 Å². The summed E-state index contributed by atoms with van der Waals surface area (Å²) >= 11 is 0. The lowest BCUT2D eigenvalue weighted by Gasteiger charge is -2.12. The molecule has 0 aromatic heterocycles. The molecular weight excluding hydrogens is 241 g/mol. The van der Waals surface area contributed by atoms with Gasteiger partial charge in [-0.2, -0.15) is 0 Å². The van der Waals surface area contributed by atoms with E-state index in [2.05, 4.69) is 10.6 Å². The predicted molar refractivity (Wildman–Crippen MR) is 60.1 cm³/mol. The molecular formula is C11H10FN3O3. The Morgan fingerprint density at radius 2 is 2.22 bits per heavy atom. The smallest absolute Gasteiger partial charge is 0.325 e. The SMILES string of the molecule is O=C(CN1C(=O)CNC1=O)Nc1cccc(F)c1. The molecule has 7 heteroatoms. The molecule has 0 saturated carbocycles. The van der Waals surface area contributed by atoms with Crippen LogP contribution in [0.3, 0.4) is 0 Å². The molecule has 0 atom stereocenters. The van der Waals surface area contributed by atoms with Crippen LogP contribution in [0.25, 0.3) is 0 Å². The number of hydrogen-bond acceptors (Lipinski definition) is 3. The molecule has 0 bridgehead atoms. The number of urea groups is 1. The van der Waals surface area contributed by atoms with E-state index < -0.39 is 23.7 Å². The molecule has 2 rings (SSSR count). The Kier molecular flexibility index (Phi) is 3.22. The van der Waals surface area contributed by atoms with Crippen LogP contribution in [-0.4, -0.2) is 35.8 Å². The van der Waals surface area contributed by atoms with Gasteiger partial charge in [0.25, 0.3) is 5.91 Å². The Labute approximate surface area is 102 Å². The summed E-state index contributed by atoms with van der Waals surface area (Å²) < 4.78 is 12.9. The number of nitrogens with zero attached hydrogens (tertiary/aromatic N) is 1. The average molecular weight is 251 g/mol. The van der Waals surface area contributed by atoms with Crippen LogP contribution in [0.4, 0.5) is 14.9 Å². The first-order chi connectivity index (χ1) is 8.56. The van der Waals surface area contributed by atoms with Crippen molar-refractivity contribution in [3.05, 3.63) is 30.1 Å². The van der Waals surface area contributed by atoms with Gasteiger partial charge in [0.2, 0.25) is 5.91 Å². The van der Waals surface area contributed by atoms with E-state index in [4.69, 9.17) is 0 Å². The van der Waals surface area contributed by atoms with Crippen molar-refractivity contribution in [2.45, 2.75) is 0 Å². The fraction of sp³-hybridized carbons (Fsp3) is 0.182. The van der Waals surface area contributed by atoms with Crippen LogP contribution in [0, 0.1) is 5.82 Å². The normalized spacial score (nSPS) is 14.6. The molecule has 94 valence electrons. The van der Waals surface area contributed by atoms with Crippen LogP contribution in [0.15, 0.2) is 24.3 Å². The van der Waals surface area contributed by atoms with Gasteiger partial charge < -0.3 is 10.6 Å². The average Bonchev–Trinajstić information content (AvgIpc) is 2.61. The number of halogens is 1. The van der Waals surface area contributed by atoms with Crippen molar-refractivity contribution < 1.29 is 18.8 Å². The number of benzene rings is 1. The summed E-state index contributed by atoms with van der Waals surface area (Å²) in [5.41, 5.74) is 0.270. The van der Waals surface area contributed by atoms with E-state index in [0.717, 1.165) is 11.0 Å². The highest BCUT2D eigenvalue weighted by molar-refractivity contribution is 6.06. The molecule has 1 heterocycles. The predicted octanol–water partition coefficient (Wildman–Crippen LogP) is 0.316. The lowest BCUT2D eigenvalue weighted by Crippen LogP contribution is -2.38. The number of amides is 4. The molecule has 1 aromatic carbocycles. The molecule has 1 aliphatic heterocycles. The Bertz CT molecular complexity index is 502. The van der Waals surface area contributed by atoms with Crippen LogP contribution in [0.1, 0.15) is 0 Å². The van der Waals surface area contributed by atoms with E-state index in [1.165, 1.54) is 18.2 Å². The minimum Gasteiger partial charge on any atom is -0.329 e. The summed E-state index contributed by atoms with van der Waals surface area (Å²) in [4.78, 5) is 34.8. The number of hydrogen-bond donors (Lipinski definition) is 2. The fourth-order valence-corrected chi connectivity index (χ4v) is 1.53. The van der Waals surface area contributed by atoms with Gasteiger partial charge in [-0.15, -0.1) is 0 Å². The first kappa shape index (κ1) is 12.0. The number of carbonyl (C=O) groups is 3. The second-order valence-electron chi connectivity index (χ2n) is 3.70. The first-order valence-electron chi connectivity index (χ1n) is 5.20. The molecule has 0 spiro atoms. The standard InChI is InChI=1S/C11H10FN3O3/c12-7-2-1-3-8(4-7)14-9(16)6-15-10(17)5-13-11(15)18/h1-4H,5-6H2,(H,13,18)(H,14,16). The Morgan fingerprint density at radius 1 is 1.44 bits per heavy atom. The number of imide groups is 1. The summed E-state index contributed by atoms with van der Waals surface area (Å²) in [6.07, 6.45) is 0. The van der Waals surface area contributed by atoms with Crippen molar-refractivity contribution in [2.24, 2.45) is 0 Å². The van der Waals surface area contributed by atoms with Crippen molar-refractivity contribution in [3.8, 4) is 0 Å². The van der Waals surface area contributed by atoms with Crippen molar-refractivity contribution in [3.63, 3.8) is 0 Å². The van der Waals surface area contributed by atoms with Gasteiger partial charge in [0.15, 0.2) is 0 Å². The number of nitrogens with one attached hydrogen (secondary N) is 2. The van der Waals surface area contributed by atoms with Gasteiger partial charge in [-0.05, 0) is 18.2 Å². The minimum atomic E-state index is -0.602. The number of anilines is 1. The molecule has 1 saturated heterocycles. The molecule has 4 amide bonds. The van der Waals surface area contributed by atoms with E-state index in [-0.39, 0.29) is 18.8 Å². The molecule has 0 radical (unpaired) electrons. The lowest BCUT2D eigenvalue weighted by atomic mass is 10.3. The summed E-state index contributed by atoms with van der Waals surface area (Å²) in [5.74, 6) is -1.51. The summed E-state index contributed by atoms with van der Waals surface area (Å²) in [7, 11) is 0. The Hall–Kier alpha value is -2.44. The Balaban J connectivity index is 1.97. The van der Waals surface area contributed by atoms with E-state index >= 15 is 0 Å². The van der Waals surface area contributed by atoms with Crippen LogP contribution in [-0.2, 0) is 9.59 Å². The molecule has 1 aromatic rings. The fourth-order valence-electron chi connectivity index (χ4n) is 1.53. The maximum atomic E-state index is 12.9. The van der Waals surface area contributed by atoms with Crippen molar-refractivity contribution in [2.75, 3.05) is 18.4 Å². The summed E-state index contributed by atoms with van der Waals surface area (Å²) in [5, 5.41) is 4.69. The van der Waals surface area contributed by atoms with Gasteiger partial charge in [-0.25, -0.2) is 9.18 Å². The zero-order valence-corrected chi connectivity index (χ0v) is 9.27. The van der Waals surface area contributed by atoms with Crippen LogP contribution in [0.2, 0.25) is 0 Å². The van der Waals surface area contributed by atoms with Gasteiger partial charge in [0.1, 0.15) is 12.4 Å². The van der Waals surface area contributed by atoms with Crippen molar-refractivity contribution in [1.82, 2.24) is 10.2 Å². The van der Waals surface area contributed by atoms with Crippen LogP contribution < -0.4 is 10.6 Å². The third-order valence-electron chi connectivity index (χ3n) is 2.35. The van der Waals surface area contributed by atoms with Gasteiger partial charge >= 0.3 is 6.03 Å². The van der Waals surface area contributed by atoms with Crippen molar-refractivity contribution >= 4 is 23.5 Å². The van der Waals surface area contributed by atoms with Crippen LogP contribution >= 0.6 is 0 Å². The quantitative estimate of drug-likeness (QED) is 0.759. The van der Waals surface area contributed by atoms with E-state index in [1.807, 2.05) is 0 Å². The molecule has 0 aliphatic carbocycles. The highest BCUT2D eigenvalue weighted by Gasteiger charge is 2.30. The zero-order valence-electron chi connectivity index (χ0n) is 9.27. The van der Waals surface area contributed by atoms with Gasteiger partial charge in [0, 0.05) is 5.69 Å². The molecule has 1 fully saturated rings. The van der Waals surface area contributed by atoms with Crippen molar-refractivity contribution in [1.29, 1.82) is 0 Å². The van der Waals surface area contributed by atoms with E-state index in [0.29, 0.717) is 0 Å². The van der Waals surface area contributed by atoms with Crippen LogP contribution in [0.5, 0.6) is 0 Å². The van der Waals surface area contributed by atoms with E-state index in [1.54, 1.807) is 0 Å². The number of carbonyl (C=O) groups excluding carboxylic acids is 3. The summed E-state index contributed by atoms with van der Waals surface area (Å²) in [6.45, 7) is -0.493. The molecule has 18 heavy (non-hydrogen) atoms. The molecule has 2 N–H and O–H groups in total. The van der Waals surface area contributed by atoms with Gasteiger partial charge in [-0.1, -0.05) is 6.07 Å². The Morgan fingerprint density at radius 3 is 2.83 bits per heavy atom. The maximum Gasteiger partial charge on any atom is 0.325 e.